The van der Waals surface area contributed by atoms with Gasteiger partial charge in [0.25, 0.3) is 5.91 Å². The summed E-state index contributed by atoms with van der Waals surface area (Å²) in [4.78, 5) is 26.4. The number of hydrogen-bond donors (Lipinski definition) is 0. The minimum absolute atomic E-state index is 0.0984. The Morgan fingerprint density at radius 1 is 1.29 bits per heavy atom. The van der Waals surface area contributed by atoms with Crippen molar-refractivity contribution in [2.45, 2.75) is 33.2 Å². The van der Waals surface area contributed by atoms with Crippen LogP contribution in [-0.2, 0) is 4.79 Å². The Labute approximate surface area is 84.9 Å². The Morgan fingerprint density at radius 2 is 1.79 bits per heavy atom. The van der Waals surface area contributed by atoms with Crippen molar-refractivity contribution < 1.29 is 9.59 Å². The number of likely N-dealkylation sites (N-methyl/N-ethyl adjacent to an activating group) is 1. The standard InChI is InChI=1S/C10H18N2O2/c1-7(2)6-12-8(13)10(3,4)11(5)9(12)14/h7H,6H2,1-5H3. The van der Waals surface area contributed by atoms with Crippen LogP contribution in [0.5, 0.6) is 0 Å². The zero-order valence-corrected chi connectivity index (χ0v) is 9.50. The molecule has 0 aromatic rings. The Kier molecular flexibility index (Phi) is 2.56. The summed E-state index contributed by atoms with van der Waals surface area (Å²) >= 11 is 0. The van der Waals surface area contributed by atoms with Gasteiger partial charge in [0.2, 0.25) is 0 Å². The Bertz CT molecular complexity index is 271. The van der Waals surface area contributed by atoms with Crippen molar-refractivity contribution in [3.63, 3.8) is 0 Å². The second-order valence-corrected chi connectivity index (χ2v) is 4.71. The number of nitrogens with zero attached hydrogens (tertiary/aromatic N) is 2. The highest BCUT2D eigenvalue weighted by molar-refractivity contribution is 6.06. The number of rotatable bonds is 2. The molecule has 80 valence electrons. The quantitative estimate of drug-likeness (QED) is 0.628. The molecule has 0 radical (unpaired) electrons. The third-order valence-electron chi connectivity index (χ3n) is 2.67. The van der Waals surface area contributed by atoms with Gasteiger partial charge >= 0.3 is 6.03 Å². The van der Waals surface area contributed by atoms with E-state index in [1.165, 1.54) is 9.80 Å². The van der Waals surface area contributed by atoms with E-state index in [-0.39, 0.29) is 11.9 Å². The van der Waals surface area contributed by atoms with E-state index >= 15 is 0 Å². The second-order valence-electron chi connectivity index (χ2n) is 4.71. The maximum Gasteiger partial charge on any atom is 0.327 e. The highest BCUT2D eigenvalue weighted by atomic mass is 16.2. The van der Waals surface area contributed by atoms with Crippen molar-refractivity contribution >= 4 is 11.9 Å². The van der Waals surface area contributed by atoms with Gasteiger partial charge in [-0.05, 0) is 19.8 Å². The van der Waals surface area contributed by atoms with Gasteiger partial charge in [0, 0.05) is 13.6 Å². The summed E-state index contributed by atoms with van der Waals surface area (Å²) in [6.45, 7) is 8.03. The Morgan fingerprint density at radius 3 is 2.07 bits per heavy atom. The molecule has 0 saturated carbocycles. The molecule has 0 aromatic carbocycles. The molecule has 1 fully saturated rings. The minimum Gasteiger partial charge on any atom is -0.313 e. The summed E-state index contributed by atoms with van der Waals surface area (Å²) in [6, 6.07) is -0.186. The summed E-state index contributed by atoms with van der Waals surface area (Å²) in [5.41, 5.74) is -0.689. The summed E-state index contributed by atoms with van der Waals surface area (Å²) in [7, 11) is 1.67. The van der Waals surface area contributed by atoms with Gasteiger partial charge in [0.1, 0.15) is 5.54 Å². The van der Waals surface area contributed by atoms with E-state index in [0.717, 1.165) is 0 Å². The lowest BCUT2D eigenvalue weighted by atomic mass is 10.0. The number of carbonyl (C=O) groups excluding carboxylic acids is 2. The molecule has 1 heterocycles. The predicted octanol–water partition coefficient (Wildman–Crippen LogP) is 1.31. The fourth-order valence-electron chi connectivity index (χ4n) is 1.51. The van der Waals surface area contributed by atoms with Crippen molar-refractivity contribution in [1.29, 1.82) is 0 Å². The Balaban J connectivity index is 2.91. The van der Waals surface area contributed by atoms with Gasteiger partial charge in [-0.2, -0.15) is 0 Å². The van der Waals surface area contributed by atoms with Gasteiger partial charge in [-0.25, -0.2) is 4.79 Å². The van der Waals surface area contributed by atoms with E-state index in [0.29, 0.717) is 12.5 Å². The lowest BCUT2D eigenvalue weighted by molar-refractivity contribution is -0.131. The maximum atomic E-state index is 11.8. The molecule has 1 rings (SSSR count). The van der Waals surface area contributed by atoms with Crippen LogP contribution in [0.4, 0.5) is 4.79 Å². The van der Waals surface area contributed by atoms with Crippen LogP contribution in [-0.4, -0.2) is 40.9 Å². The van der Waals surface area contributed by atoms with Crippen LogP contribution >= 0.6 is 0 Å². The molecule has 0 bridgehead atoms. The SMILES string of the molecule is CC(C)CN1C(=O)N(C)C(C)(C)C1=O. The molecule has 0 N–H and O–H groups in total. The molecular weight excluding hydrogens is 180 g/mol. The van der Waals surface area contributed by atoms with E-state index in [1.54, 1.807) is 20.9 Å². The van der Waals surface area contributed by atoms with Crippen molar-refractivity contribution in [2.75, 3.05) is 13.6 Å². The van der Waals surface area contributed by atoms with E-state index in [9.17, 15) is 9.59 Å². The van der Waals surface area contributed by atoms with E-state index in [4.69, 9.17) is 0 Å². The number of hydrogen-bond acceptors (Lipinski definition) is 2. The molecule has 0 aromatic heterocycles. The zero-order valence-electron chi connectivity index (χ0n) is 9.50. The first-order valence-electron chi connectivity index (χ1n) is 4.88. The molecule has 0 spiro atoms. The van der Waals surface area contributed by atoms with Crippen molar-refractivity contribution in [1.82, 2.24) is 9.80 Å². The third-order valence-corrected chi connectivity index (χ3v) is 2.67. The maximum absolute atomic E-state index is 11.8. The van der Waals surface area contributed by atoms with E-state index < -0.39 is 5.54 Å². The molecule has 3 amide bonds. The van der Waals surface area contributed by atoms with Crippen LogP contribution in [0.1, 0.15) is 27.7 Å². The van der Waals surface area contributed by atoms with Gasteiger partial charge in [-0.1, -0.05) is 13.8 Å². The van der Waals surface area contributed by atoms with Crippen LogP contribution < -0.4 is 0 Å². The number of amides is 3. The summed E-state index contributed by atoms with van der Waals surface area (Å²) in [5, 5.41) is 0. The summed E-state index contributed by atoms with van der Waals surface area (Å²) in [5.74, 6) is 0.212. The van der Waals surface area contributed by atoms with Gasteiger partial charge in [0.15, 0.2) is 0 Å². The summed E-state index contributed by atoms with van der Waals surface area (Å²) in [6.07, 6.45) is 0. The van der Waals surface area contributed by atoms with Crippen molar-refractivity contribution in [3.8, 4) is 0 Å². The predicted molar refractivity (Wildman–Crippen MR) is 53.8 cm³/mol. The molecule has 14 heavy (non-hydrogen) atoms. The first-order chi connectivity index (χ1) is 6.28. The Hall–Kier alpha value is -1.06. The largest absolute Gasteiger partial charge is 0.327 e. The highest BCUT2D eigenvalue weighted by Gasteiger charge is 2.48. The number of urea groups is 1. The molecule has 1 aliphatic heterocycles. The molecule has 1 aliphatic rings. The lowest BCUT2D eigenvalue weighted by Crippen LogP contribution is -2.41. The molecule has 0 atom stereocenters. The van der Waals surface area contributed by atoms with E-state index in [1.807, 2.05) is 13.8 Å². The van der Waals surface area contributed by atoms with Gasteiger partial charge in [-0.3, -0.25) is 9.69 Å². The van der Waals surface area contributed by atoms with Gasteiger partial charge < -0.3 is 4.90 Å². The number of imide groups is 1. The molecule has 0 aliphatic carbocycles. The van der Waals surface area contributed by atoms with Crippen LogP contribution in [0.3, 0.4) is 0 Å². The lowest BCUT2D eigenvalue weighted by Gasteiger charge is -2.22. The molecule has 0 unspecified atom stereocenters. The summed E-state index contributed by atoms with van der Waals surface area (Å²) < 4.78 is 0. The third kappa shape index (κ3) is 1.49. The fraction of sp³-hybridized carbons (Fsp3) is 0.800. The average molecular weight is 198 g/mol. The van der Waals surface area contributed by atoms with Crippen LogP contribution in [0.2, 0.25) is 0 Å². The van der Waals surface area contributed by atoms with Gasteiger partial charge in [-0.15, -0.1) is 0 Å². The normalized spacial score (nSPS) is 21.3. The molecule has 4 heteroatoms. The molecule has 1 saturated heterocycles. The van der Waals surface area contributed by atoms with Gasteiger partial charge in [0.05, 0.1) is 0 Å². The molecular formula is C10H18N2O2. The van der Waals surface area contributed by atoms with Crippen LogP contribution in [0.25, 0.3) is 0 Å². The first-order valence-corrected chi connectivity index (χ1v) is 4.88. The van der Waals surface area contributed by atoms with Crippen molar-refractivity contribution in [2.24, 2.45) is 5.92 Å². The highest BCUT2D eigenvalue weighted by Crippen LogP contribution is 2.26. The first kappa shape index (κ1) is 11.0. The fourth-order valence-corrected chi connectivity index (χ4v) is 1.51. The van der Waals surface area contributed by atoms with Crippen LogP contribution in [0.15, 0.2) is 0 Å². The topological polar surface area (TPSA) is 40.6 Å². The zero-order chi connectivity index (χ0) is 11.1. The van der Waals surface area contributed by atoms with E-state index in [2.05, 4.69) is 0 Å². The smallest absolute Gasteiger partial charge is 0.313 e. The van der Waals surface area contributed by atoms with Crippen molar-refractivity contribution in [3.05, 3.63) is 0 Å². The number of carbonyl (C=O) groups is 2. The molecule has 4 nitrogen and oxygen atoms in total. The second kappa shape index (κ2) is 3.26. The monoisotopic (exact) mass is 198 g/mol. The van der Waals surface area contributed by atoms with Crippen LogP contribution in [0, 0.1) is 5.92 Å². The minimum atomic E-state index is -0.689. The average Bonchev–Trinajstić information content (AvgIpc) is 2.20.